The molecule has 0 saturated heterocycles. The fourth-order valence-electron chi connectivity index (χ4n) is 2.83. The maximum atomic E-state index is 5.40. The molecule has 6 heteroatoms. The quantitative estimate of drug-likeness (QED) is 0.691. The summed E-state index contributed by atoms with van der Waals surface area (Å²) in [7, 11) is 9.19. The zero-order valence-corrected chi connectivity index (χ0v) is 14.9. The summed E-state index contributed by atoms with van der Waals surface area (Å²) in [6.07, 6.45) is 0. The van der Waals surface area contributed by atoms with E-state index in [4.69, 9.17) is 28.4 Å². The molecule has 0 heterocycles. The number of hydrogen-bond donors (Lipinski definition) is 0. The smallest absolute Gasteiger partial charge is 0.311 e. The molecule has 24 heavy (non-hydrogen) atoms. The molecule has 0 aromatic heterocycles. The van der Waals surface area contributed by atoms with E-state index in [2.05, 4.69) is 0 Å². The molecule has 0 spiro atoms. The maximum absolute atomic E-state index is 5.40. The summed E-state index contributed by atoms with van der Waals surface area (Å²) in [5.74, 6) is -2.47. The highest BCUT2D eigenvalue weighted by atomic mass is 16.9. The van der Waals surface area contributed by atoms with Gasteiger partial charge in [-0.3, -0.25) is 0 Å². The van der Waals surface area contributed by atoms with E-state index >= 15 is 0 Å². The summed E-state index contributed by atoms with van der Waals surface area (Å²) in [6, 6.07) is 11.6. The zero-order valence-electron chi connectivity index (χ0n) is 14.9. The number of rotatable bonds is 8. The van der Waals surface area contributed by atoms with Crippen LogP contribution in [0.3, 0.4) is 0 Å². The molecule has 0 aliphatic carbocycles. The number of benzene rings is 2. The summed E-state index contributed by atoms with van der Waals surface area (Å²) in [4.78, 5) is 0. The lowest BCUT2D eigenvalue weighted by atomic mass is 10.0. The highest BCUT2D eigenvalue weighted by Gasteiger charge is 2.34. The Labute approximate surface area is 142 Å². The molecule has 6 nitrogen and oxygen atoms in total. The van der Waals surface area contributed by atoms with Crippen molar-refractivity contribution >= 4 is 10.8 Å². The monoisotopic (exact) mass is 336 g/mol. The molecule has 2 aromatic rings. The van der Waals surface area contributed by atoms with Gasteiger partial charge in [0, 0.05) is 53.8 Å². The highest BCUT2D eigenvalue weighted by molar-refractivity contribution is 5.84. The Morgan fingerprint density at radius 2 is 0.792 bits per heavy atom. The Kier molecular flexibility index (Phi) is 5.92. The topological polar surface area (TPSA) is 55.4 Å². The van der Waals surface area contributed by atoms with Crippen LogP contribution in [0.4, 0.5) is 0 Å². The van der Waals surface area contributed by atoms with Crippen LogP contribution in [0, 0.1) is 0 Å². The van der Waals surface area contributed by atoms with Gasteiger partial charge in [-0.05, 0) is 22.9 Å². The van der Waals surface area contributed by atoms with E-state index in [9.17, 15) is 0 Å². The molecule has 0 bridgehead atoms. The normalized spacial score (nSPS) is 12.8. The van der Waals surface area contributed by atoms with Crippen LogP contribution in [0.25, 0.3) is 10.8 Å². The number of hydrogen-bond acceptors (Lipinski definition) is 6. The Bertz CT molecular complexity index is 600. The minimum atomic E-state index is -1.23. The van der Waals surface area contributed by atoms with Crippen LogP contribution in [-0.4, -0.2) is 42.7 Å². The van der Waals surface area contributed by atoms with Gasteiger partial charge in [-0.15, -0.1) is 0 Å². The highest BCUT2D eigenvalue weighted by Crippen LogP contribution is 2.33. The first kappa shape index (κ1) is 18.8. The molecule has 0 amide bonds. The van der Waals surface area contributed by atoms with Crippen molar-refractivity contribution in [1.29, 1.82) is 0 Å². The molecule has 0 atom stereocenters. The van der Waals surface area contributed by atoms with Gasteiger partial charge in [-0.2, -0.15) is 0 Å². The van der Waals surface area contributed by atoms with Gasteiger partial charge in [0.05, 0.1) is 0 Å². The van der Waals surface area contributed by atoms with E-state index in [0.29, 0.717) is 0 Å². The third-order valence-electron chi connectivity index (χ3n) is 4.16. The van der Waals surface area contributed by atoms with Crippen molar-refractivity contribution in [2.45, 2.75) is 11.9 Å². The van der Waals surface area contributed by atoms with Crippen LogP contribution >= 0.6 is 0 Å². The standard InChI is InChI=1S/C18H24O6/c1-19-17(20-2,21-3)15-9-7-14-12-16(10-8-13(14)11-15)18(22-4,23-5)24-6/h7-12H,1-6H3. The molecule has 2 rings (SSSR count). The van der Waals surface area contributed by atoms with E-state index < -0.39 is 11.9 Å². The van der Waals surface area contributed by atoms with Crippen LogP contribution in [-0.2, 0) is 40.4 Å². The Morgan fingerprint density at radius 1 is 0.500 bits per heavy atom. The summed E-state index contributed by atoms with van der Waals surface area (Å²) in [5, 5.41) is 1.98. The van der Waals surface area contributed by atoms with E-state index in [0.717, 1.165) is 21.9 Å². The van der Waals surface area contributed by atoms with Crippen molar-refractivity contribution in [1.82, 2.24) is 0 Å². The van der Waals surface area contributed by atoms with Crippen LogP contribution < -0.4 is 0 Å². The number of fused-ring (bicyclic) bond motifs is 1. The third-order valence-corrected chi connectivity index (χ3v) is 4.16. The van der Waals surface area contributed by atoms with Gasteiger partial charge in [0.15, 0.2) is 0 Å². The molecule has 0 saturated carbocycles. The zero-order chi connectivity index (χ0) is 17.8. The van der Waals surface area contributed by atoms with Crippen LogP contribution in [0.5, 0.6) is 0 Å². The van der Waals surface area contributed by atoms with Gasteiger partial charge in [0.2, 0.25) is 0 Å². The van der Waals surface area contributed by atoms with Crippen molar-refractivity contribution in [2.24, 2.45) is 0 Å². The minimum absolute atomic E-state index is 0.756. The number of ether oxygens (including phenoxy) is 6. The molecule has 0 fully saturated rings. The lowest BCUT2D eigenvalue weighted by Gasteiger charge is -2.30. The number of methoxy groups -OCH3 is 6. The Hall–Kier alpha value is -1.54. The van der Waals surface area contributed by atoms with Gasteiger partial charge in [-0.1, -0.05) is 24.3 Å². The Morgan fingerprint density at radius 3 is 1.04 bits per heavy atom. The predicted molar refractivity (Wildman–Crippen MR) is 89.4 cm³/mol. The largest absolute Gasteiger partial charge is 0.327 e. The SMILES string of the molecule is COC(OC)(OC)c1ccc2cc(C(OC)(OC)OC)ccc2c1. The maximum Gasteiger partial charge on any atom is 0.311 e. The van der Waals surface area contributed by atoms with Gasteiger partial charge >= 0.3 is 11.9 Å². The van der Waals surface area contributed by atoms with E-state index in [1.807, 2.05) is 36.4 Å². The molecule has 0 unspecified atom stereocenters. The summed E-state index contributed by atoms with van der Waals surface area (Å²) in [6.45, 7) is 0. The van der Waals surface area contributed by atoms with Gasteiger partial charge in [0.1, 0.15) is 0 Å². The fourth-order valence-corrected chi connectivity index (χ4v) is 2.83. The van der Waals surface area contributed by atoms with Crippen molar-refractivity contribution in [2.75, 3.05) is 42.7 Å². The van der Waals surface area contributed by atoms with Crippen LogP contribution in [0.2, 0.25) is 0 Å². The van der Waals surface area contributed by atoms with Gasteiger partial charge in [-0.25, -0.2) is 0 Å². The van der Waals surface area contributed by atoms with E-state index in [1.54, 1.807) is 0 Å². The first-order valence-corrected chi connectivity index (χ1v) is 7.40. The first-order valence-electron chi connectivity index (χ1n) is 7.40. The van der Waals surface area contributed by atoms with Gasteiger partial charge < -0.3 is 28.4 Å². The second-order valence-electron chi connectivity index (χ2n) is 5.11. The fraction of sp³-hybridized carbons (Fsp3) is 0.444. The van der Waals surface area contributed by atoms with Crippen molar-refractivity contribution in [3.05, 3.63) is 47.5 Å². The van der Waals surface area contributed by atoms with Crippen LogP contribution in [0.15, 0.2) is 36.4 Å². The lowest BCUT2D eigenvalue weighted by Crippen LogP contribution is -2.33. The van der Waals surface area contributed by atoms with Crippen LogP contribution in [0.1, 0.15) is 11.1 Å². The average Bonchev–Trinajstić information content (AvgIpc) is 2.65. The Balaban J connectivity index is 2.53. The van der Waals surface area contributed by atoms with Crippen molar-refractivity contribution in [3.8, 4) is 0 Å². The average molecular weight is 336 g/mol. The predicted octanol–water partition coefficient (Wildman–Crippen LogP) is 2.94. The van der Waals surface area contributed by atoms with E-state index in [1.165, 1.54) is 42.7 Å². The summed E-state index contributed by atoms with van der Waals surface area (Å²) < 4.78 is 32.4. The second kappa shape index (κ2) is 7.57. The summed E-state index contributed by atoms with van der Waals surface area (Å²) in [5.41, 5.74) is 1.51. The molecule has 0 aliphatic heterocycles. The van der Waals surface area contributed by atoms with E-state index in [-0.39, 0.29) is 0 Å². The second-order valence-corrected chi connectivity index (χ2v) is 5.11. The van der Waals surface area contributed by atoms with Crippen molar-refractivity contribution < 1.29 is 28.4 Å². The lowest BCUT2D eigenvalue weighted by molar-refractivity contribution is -0.364. The molecular weight excluding hydrogens is 312 g/mol. The molecule has 0 N–H and O–H groups in total. The molecule has 132 valence electrons. The van der Waals surface area contributed by atoms with Gasteiger partial charge in [0.25, 0.3) is 0 Å². The molecular formula is C18H24O6. The molecule has 2 aromatic carbocycles. The summed E-state index contributed by atoms with van der Waals surface area (Å²) >= 11 is 0. The molecule has 0 aliphatic rings. The third kappa shape index (κ3) is 3.04. The minimum Gasteiger partial charge on any atom is -0.327 e. The first-order chi connectivity index (χ1) is 11.5. The van der Waals surface area contributed by atoms with Crippen molar-refractivity contribution in [3.63, 3.8) is 0 Å². The molecule has 0 radical (unpaired) electrons.